The number of benzene rings is 1. The van der Waals surface area contributed by atoms with Crippen molar-refractivity contribution in [1.82, 2.24) is 4.98 Å². The van der Waals surface area contributed by atoms with Gasteiger partial charge in [-0.2, -0.15) is 5.26 Å². The van der Waals surface area contributed by atoms with E-state index in [0.717, 1.165) is 5.56 Å². The number of carbonyl (C=O) groups is 1. The van der Waals surface area contributed by atoms with Crippen LogP contribution in [0.2, 0.25) is 0 Å². The lowest BCUT2D eigenvalue weighted by Crippen LogP contribution is -2.01. The first kappa shape index (κ1) is 10.8. The molecule has 0 aliphatic carbocycles. The first-order valence-corrected chi connectivity index (χ1v) is 4.91. The topological polar surface area (TPSA) is 74.0 Å². The number of rotatable bonds is 2. The fraction of sp³-hybridized carbons (Fsp3) is 0. The van der Waals surface area contributed by atoms with Crippen LogP contribution in [-0.4, -0.2) is 16.1 Å². The third-order valence-corrected chi connectivity index (χ3v) is 2.32. The summed E-state index contributed by atoms with van der Waals surface area (Å²) in [7, 11) is 0. The Bertz CT molecular complexity index is 601. The molecule has 0 saturated heterocycles. The van der Waals surface area contributed by atoms with E-state index in [2.05, 4.69) is 4.98 Å². The number of aromatic carboxylic acids is 1. The van der Waals surface area contributed by atoms with E-state index in [-0.39, 0.29) is 11.1 Å². The molecule has 2 aromatic rings. The van der Waals surface area contributed by atoms with E-state index in [1.165, 1.54) is 12.3 Å². The van der Waals surface area contributed by atoms with Gasteiger partial charge in [0, 0.05) is 11.8 Å². The predicted octanol–water partition coefficient (Wildman–Crippen LogP) is 2.32. The van der Waals surface area contributed by atoms with Crippen LogP contribution < -0.4 is 0 Å². The summed E-state index contributed by atoms with van der Waals surface area (Å²) < 4.78 is 0. The van der Waals surface area contributed by atoms with Gasteiger partial charge in [0.25, 0.3) is 0 Å². The molecule has 0 amide bonds. The van der Waals surface area contributed by atoms with Crippen molar-refractivity contribution >= 4 is 5.97 Å². The molecule has 1 aromatic heterocycles. The third-order valence-electron chi connectivity index (χ3n) is 2.32. The van der Waals surface area contributed by atoms with Gasteiger partial charge in [0.1, 0.15) is 6.07 Å². The number of carboxylic acid groups (broad SMARTS) is 1. The van der Waals surface area contributed by atoms with Crippen LogP contribution in [-0.2, 0) is 0 Å². The average molecular weight is 224 g/mol. The highest BCUT2D eigenvalue weighted by Crippen LogP contribution is 2.19. The van der Waals surface area contributed by atoms with E-state index in [1.807, 2.05) is 36.4 Å². The zero-order valence-electron chi connectivity index (χ0n) is 8.79. The minimum absolute atomic E-state index is 0.0265. The minimum atomic E-state index is -1.12. The first-order valence-electron chi connectivity index (χ1n) is 4.91. The van der Waals surface area contributed by atoms with Crippen LogP contribution in [0.1, 0.15) is 15.9 Å². The molecule has 1 heterocycles. The van der Waals surface area contributed by atoms with Gasteiger partial charge in [0.05, 0.1) is 16.8 Å². The molecule has 4 heteroatoms. The number of carboxylic acids is 1. The van der Waals surface area contributed by atoms with Gasteiger partial charge in [0.2, 0.25) is 0 Å². The molecule has 1 N–H and O–H groups in total. The van der Waals surface area contributed by atoms with Crippen LogP contribution in [0.4, 0.5) is 0 Å². The molecule has 17 heavy (non-hydrogen) atoms. The summed E-state index contributed by atoms with van der Waals surface area (Å²) >= 11 is 0. The van der Waals surface area contributed by atoms with Gasteiger partial charge >= 0.3 is 5.97 Å². The molecule has 0 bridgehead atoms. The SMILES string of the molecule is N#Cc1cnc(-c2ccccc2)cc1C(=O)O. The maximum atomic E-state index is 11.0. The number of nitrogens with zero attached hydrogens (tertiary/aromatic N) is 2. The molecule has 0 atom stereocenters. The van der Waals surface area contributed by atoms with Crippen molar-refractivity contribution in [3.63, 3.8) is 0 Å². The summed E-state index contributed by atoms with van der Waals surface area (Å²) in [5.41, 5.74) is 1.40. The molecule has 0 saturated carbocycles. The fourth-order valence-corrected chi connectivity index (χ4v) is 1.49. The molecule has 1 aromatic carbocycles. The van der Waals surface area contributed by atoms with Crippen molar-refractivity contribution in [1.29, 1.82) is 5.26 Å². The maximum absolute atomic E-state index is 11.0. The number of nitriles is 1. The summed E-state index contributed by atoms with van der Waals surface area (Å²) in [5.74, 6) is -1.12. The lowest BCUT2D eigenvalue weighted by Gasteiger charge is -2.03. The van der Waals surface area contributed by atoms with Gasteiger partial charge in [-0.3, -0.25) is 4.98 Å². The Morgan fingerprint density at radius 2 is 2.00 bits per heavy atom. The van der Waals surface area contributed by atoms with Gasteiger partial charge in [-0.1, -0.05) is 30.3 Å². The Morgan fingerprint density at radius 3 is 2.59 bits per heavy atom. The van der Waals surface area contributed by atoms with Crippen molar-refractivity contribution < 1.29 is 9.90 Å². The molecule has 0 unspecified atom stereocenters. The van der Waals surface area contributed by atoms with E-state index >= 15 is 0 Å². The Hall–Kier alpha value is -2.67. The third kappa shape index (κ3) is 2.13. The second kappa shape index (κ2) is 4.45. The zero-order chi connectivity index (χ0) is 12.3. The molecule has 82 valence electrons. The van der Waals surface area contributed by atoms with E-state index in [1.54, 1.807) is 0 Å². The quantitative estimate of drug-likeness (QED) is 0.849. The van der Waals surface area contributed by atoms with E-state index in [9.17, 15) is 4.79 Å². The molecule has 4 nitrogen and oxygen atoms in total. The van der Waals surface area contributed by atoms with Crippen LogP contribution >= 0.6 is 0 Å². The average Bonchev–Trinajstić information content (AvgIpc) is 2.39. The molecule has 0 spiro atoms. The summed E-state index contributed by atoms with van der Waals surface area (Å²) in [5, 5.41) is 17.8. The van der Waals surface area contributed by atoms with Gasteiger partial charge in [-0.15, -0.1) is 0 Å². The Balaban J connectivity index is 2.56. The van der Waals surface area contributed by atoms with Crippen molar-refractivity contribution in [3.05, 3.63) is 53.7 Å². The van der Waals surface area contributed by atoms with Crippen LogP contribution in [0.5, 0.6) is 0 Å². The van der Waals surface area contributed by atoms with E-state index < -0.39 is 5.97 Å². The highest BCUT2D eigenvalue weighted by atomic mass is 16.4. The van der Waals surface area contributed by atoms with Crippen molar-refractivity contribution in [3.8, 4) is 17.3 Å². The Labute approximate surface area is 97.8 Å². The lowest BCUT2D eigenvalue weighted by atomic mass is 10.1. The minimum Gasteiger partial charge on any atom is -0.478 e. The van der Waals surface area contributed by atoms with Gasteiger partial charge in [-0.05, 0) is 6.07 Å². The fourth-order valence-electron chi connectivity index (χ4n) is 1.49. The highest BCUT2D eigenvalue weighted by Gasteiger charge is 2.12. The molecular formula is C13H8N2O2. The standard InChI is InChI=1S/C13H8N2O2/c14-7-10-8-15-12(6-11(10)13(16)17)9-4-2-1-3-5-9/h1-6,8H,(H,16,17). The summed E-state index contributed by atoms with van der Waals surface area (Å²) in [6.07, 6.45) is 1.28. The number of aromatic nitrogens is 1. The number of hydrogen-bond acceptors (Lipinski definition) is 3. The van der Waals surface area contributed by atoms with Crippen LogP contribution in [0.3, 0.4) is 0 Å². The molecule has 2 rings (SSSR count). The van der Waals surface area contributed by atoms with Crippen molar-refractivity contribution in [2.45, 2.75) is 0 Å². The molecule has 0 aliphatic rings. The van der Waals surface area contributed by atoms with Gasteiger partial charge in [0.15, 0.2) is 0 Å². The smallest absolute Gasteiger partial charge is 0.337 e. The second-order valence-electron chi connectivity index (χ2n) is 3.40. The van der Waals surface area contributed by atoms with E-state index in [0.29, 0.717) is 5.69 Å². The molecule has 0 radical (unpaired) electrons. The summed E-state index contributed by atoms with van der Waals surface area (Å²) in [4.78, 5) is 15.1. The Morgan fingerprint density at radius 1 is 1.29 bits per heavy atom. The van der Waals surface area contributed by atoms with Crippen molar-refractivity contribution in [2.75, 3.05) is 0 Å². The first-order chi connectivity index (χ1) is 8.22. The predicted molar refractivity (Wildman–Crippen MR) is 61.3 cm³/mol. The number of hydrogen-bond donors (Lipinski definition) is 1. The normalized spacial score (nSPS) is 9.59. The van der Waals surface area contributed by atoms with E-state index in [4.69, 9.17) is 10.4 Å². The summed E-state index contributed by atoms with van der Waals surface area (Å²) in [6, 6.07) is 12.4. The highest BCUT2D eigenvalue weighted by molar-refractivity contribution is 5.91. The van der Waals surface area contributed by atoms with Crippen LogP contribution in [0, 0.1) is 11.3 Å². The monoisotopic (exact) mass is 224 g/mol. The maximum Gasteiger partial charge on any atom is 0.337 e. The Kier molecular flexibility index (Phi) is 2.84. The molecular weight excluding hydrogens is 216 g/mol. The van der Waals surface area contributed by atoms with Crippen LogP contribution in [0.25, 0.3) is 11.3 Å². The zero-order valence-corrected chi connectivity index (χ0v) is 8.79. The molecule has 0 fully saturated rings. The number of pyridine rings is 1. The second-order valence-corrected chi connectivity index (χ2v) is 3.40. The summed E-state index contributed by atoms with van der Waals surface area (Å²) in [6.45, 7) is 0. The van der Waals surface area contributed by atoms with Crippen LogP contribution in [0.15, 0.2) is 42.6 Å². The van der Waals surface area contributed by atoms with Gasteiger partial charge in [-0.25, -0.2) is 4.79 Å². The molecule has 0 aliphatic heterocycles. The van der Waals surface area contributed by atoms with Crippen molar-refractivity contribution in [2.24, 2.45) is 0 Å². The van der Waals surface area contributed by atoms with Gasteiger partial charge < -0.3 is 5.11 Å². The largest absolute Gasteiger partial charge is 0.478 e. The lowest BCUT2D eigenvalue weighted by molar-refractivity contribution is 0.0696.